The Balaban J connectivity index is 2.01. The zero-order valence-corrected chi connectivity index (χ0v) is 13.6. The monoisotopic (exact) mass is 307 g/mol. The van der Waals surface area contributed by atoms with E-state index in [0.29, 0.717) is 5.75 Å². The van der Waals surface area contributed by atoms with Gasteiger partial charge < -0.3 is 9.64 Å². The second-order valence-electron chi connectivity index (χ2n) is 6.64. The molecule has 0 saturated carbocycles. The Morgan fingerprint density at radius 3 is 2.43 bits per heavy atom. The first-order valence-corrected chi connectivity index (χ1v) is 8.17. The number of nitrogens with zero attached hydrogens (tertiary/aromatic N) is 1. The fraction of sp³-hybridized carbons (Fsp3) is 0.350. The van der Waals surface area contributed by atoms with E-state index < -0.39 is 0 Å². The van der Waals surface area contributed by atoms with Crippen molar-refractivity contribution in [3.05, 3.63) is 64.7 Å². The summed E-state index contributed by atoms with van der Waals surface area (Å²) in [4.78, 5) is 15.5. The largest absolute Gasteiger partial charge is 0.496 e. The van der Waals surface area contributed by atoms with Crippen LogP contribution in [0.3, 0.4) is 0 Å². The third-order valence-corrected chi connectivity index (χ3v) is 5.52. The Hall–Kier alpha value is -2.13. The van der Waals surface area contributed by atoms with Crippen LogP contribution in [0.2, 0.25) is 0 Å². The molecule has 1 saturated heterocycles. The van der Waals surface area contributed by atoms with Crippen LogP contribution in [0, 0.1) is 0 Å². The molecule has 3 nitrogen and oxygen atoms in total. The van der Waals surface area contributed by atoms with Gasteiger partial charge in [-0.25, -0.2) is 0 Å². The predicted octanol–water partition coefficient (Wildman–Crippen LogP) is 3.25. The van der Waals surface area contributed by atoms with Gasteiger partial charge in [-0.05, 0) is 50.2 Å². The molecule has 0 N–H and O–H groups in total. The summed E-state index contributed by atoms with van der Waals surface area (Å²) in [6.07, 6.45) is 2.07. The summed E-state index contributed by atoms with van der Waals surface area (Å²) in [5, 5.41) is 0. The van der Waals surface area contributed by atoms with Crippen molar-refractivity contribution in [2.24, 2.45) is 0 Å². The second kappa shape index (κ2) is 5.20. The molecule has 0 unspecified atom stereocenters. The van der Waals surface area contributed by atoms with Gasteiger partial charge in [-0.2, -0.15) is 0 Å². The van der Waals surface area contributed by atoms with Crippen molar-refractivity contribution in [3.8, 4) is 5.75 Å². The molecule has 1 aliphatic heterocycles. The van der Waals surface area contributed by atoms with Gasteiger partial charge in [0.2, 0.25) is 0 Å². The number of fused-ring (bicyclic) bond motifs is 4. The minimum absolute atomic E-state index is 0.0686. The van der Waals surface area contributed by atoms with Crippen LogP contribution < -0.4 is 4.74 Å². The van der Waals surface area contributed by atoms with Crippen LogP contribution in [0.4, 0.5) is 0 Å². The molecule has 23 heavy (non-hydrogen) atoms. The number of carbonyl (C=O) groups is 1. The van der Waals surface area contributed by atoms with E-state index in [0.717, 1.165) is 42.6 Å². The number of ether oxygens (including phenoxy) is 1. The second-order valence-corrected chi connectivity index (χ2v) is 6.64. The number of carbonyl (C=O) groups excluding carboxylic acids is 1. The normalized spacial score (nSPS) is 19.3. The first-order chi connectivity index (χ1) is 11.2. The van der Waals surface area contributed by atoms with Crippen molar-refractivity contribution >= 4 is 5.78 Å². The summed E-state index contributed by atoms with van der Waals surface area (Å²) in [7, 11) is 3.81. The topological polar surface area (TPSA) is 29.5 Å². The highest BCUT2D eigenvalue weighted by atomic mass is 16.5. The third kappa shape index (κ3) is 1.96. The van der Waals surface area contributed by atoms with Crippen LogP contribution in [0.25, 0.3) is 0 Å². The Morgan fingerprint density at radius 1 is 1.00 bits per heavy atom. The smallest absolute Gasteiger partial charge is 0.197 e. The molecule has 0 amide bonds. The maximum absolute atomic E-state index is 13.1. The SMILES string of the molecule is COc1cccc2c1C(=O)c1ccccc1C21CCN(C)CC1. The number of rotatable bonds is 1. The van der Waals surface area contributed by atoms with Crippen LogP contribution in [0.5, 0.6) is 5.75 Å². The van der Waals surface area contributed by atoms with E-state index in [-0.39, 0.29) is 11.2 Å². The Bertz CT molecular complexity index is 773. The maximum atomic E-state index is 13.1. The fourth-order valence-electron chi connectivity index (χ4n) is 4.25. The summed E-state index contributed by atoms with van der Waals surface area (Å²) in [6, 6.07) is 14.1. The number of benzene rings is 2. The lowest BCUT2D eigenvalue weighted by Crippen LogP contribution is -2.45. The number of hydrogen-bond donors (Lipinski definition) is 0. The molecular weight excluding hydrogens is 286 g/mol. The lowest BCUT2D eigenvalue weighted by atomic mass is 9.61. The zero-order valence-electron chi connectivity index (χ0n) is 13.6. The Kier molecular flexibility index (Phi) is 3.27. The van der Waals surface area contributed by atoms with Gasteiger partial charge >= 0.3 is 0 Å². The van der Waals surface area contributed by atoms with Gasteiger partial charge in [-0.1, -0.05) is 36.4 Å². The molecule has 1 aliphatic carbocycles. The summed E-state index contributed by atoms with van der Waals surface area (Å²) in [6.45, 7) is 2.08. The fourth-order valence-corrected chi connectivity index (χ4v) is 4.25. The summed E-state index contributed by atoms with van der Waals surface area (Å²) in [5.41, 5.74) is 3.88. The average Bonchev–Trinajstić information content (AvgIpc) is 2.61. The number of likely N-dealkylation sites (tertiary alicyclic amines) is 1. The molecule has 2 aromatic carbocycles. The van der Waals surface area contributed by atoms with Crippen molar-refractivity contribution in [2.75, 3.05) is 27.2 Å². The van der Waals surface area contributed by atoms with Gasteiger partial charge in [0.15, 0.2) is 5.78 Å². The number of piperidine rings is 1. The lowest BCUT2D eigenvalue weighted by Gasteiger charge is -2.45. The first kappa shape index (κ1) is 14.5. The average molecular weight is 307 g/mol. The van der Waals surface area contributed by atoms with E-state index in [1.165, 1.54) is 5.56 Å². The third-order valence-electron chi connectivity index (χ3n) is 5.52. The van der Waals surface area contributed by atoms with Gasteiger partial charge in [0.05, 0.1) is 12.7 Å². The summed E-state index contributed by atoms with van der Waals surface area (Å²) < 4.78 is 5.52. The molecule has 0 atom stereocenters. The Labute approximate surface area is 136 Å². The van der Waals surface area contributed by atoms with Gasteiger partial charge in [-0.15, -0.1) is 0 Å². The first-order valence-electron chi connectivity index (χ1n) is 8.17. The van der Waals surface area contributed by atoms with Crippen LogP contribution in [-0.4, -0.2) is 37.9 Å². The minimum Gasteiger partial charge on any atom is -0.496 e. The van der Waals surface area contributed by atoms with E-state index >= 15 is 0 Å². The quantitative estimate of drug-likeness (QED) is 0.810. The molecule has 3 heteroatoms. The lowest BCUT2D eigenvalue weighted by molar-refractivity contribution is 0.102. The van der Waals surface area contributed by atoms with E-state index in [1.54, 1.807) is 7.11 Å². The molecule has 0 radical (unpaired) electrons. The van der Waals surface area contributed by atoms with Crippen LogP contribution >= 0.6 is 0 Å². The van der Waals surface area contributed by atoms with Gasteiger partial charge in [0, 0.05) is 11.0 Å². The summed E-state index contributed by atoms with van der Waals surface area (Å²) in [5.74, 6) is 0.790. The molecule has 1 fully saturated rings. The van der Waals surface area contributed by atoms with Crippen molar-refractivity contribution in [1.82, 2.24) is 4.90 Å². The highest BCUT2D eigenvalue weighted by Crippen LogP contribution is 2.49. The highest BCUT2D eigenvalue weighted by molar-refractivity contribution is 6.14. The molecule has 2 aliphatic rings. The number of methoxy groups -OCH3 is 1. The molecule has 2 aromatic rings. The van der Waals surface area contributed by atoms with Crippen molar-refractivity contribution in [2.45, 2.75) is 18.3 Å². The number of hydrogen-bond acceptors (Lipinski definition) is 3. The van der Waals surface area contributed by atoms with Gasteiger partial charge in [0.1, 0.15) is 5.75 Å². The van der Waals surface area contributed by atoms with E-state index in [9.17, 15) is 4.79 Å². The van der Waals surface area contributed by atoms with E-state index in [2.05, 4.69) is 30.1 Å². The van der Waals surface area contributed by atoms with Crippen molar-refractivity contribution < 1.29 is 9.53 Å². The molecular formula is C20H21NO2. The van der Waals surface area contributed by atoms with Crippen LogP contribution in [0.15, 0.2) is 42.5 Å². The van der Waals surface area contributed by atoms with Crippen molar-refractivity contribution in [1.29, 1.82) is 0 Å². The molecule has 1 spiro atoms. The van der Waals surface area contributed by atoms with Gasteiger partial charge in [0.25, 0.3) is 0 Å². The standard InChI is InChI=1S/C20H21NO2/c1-21-12-10-20(11-13-21)15-7-4-3-6-14(15)19(22)18-16(20)8-5-9-17(18)23-2/h3-9H,10-13H2,1-2H3. The van der Waals surface area contributed by atoms with Crippen molar-refractivity contribution in [3.63, 3.8) is 0 Å². The van der Waals surface area contributed by atoms with E-state index in [4.69, 9.17) is 4.74 Å². The zero-order chi connectivity index (χ0) is 16.0. The van der Waals surface area contributed by atoms with Crippen LogP contribution in [0.1, 0.15) is 39.9 Å². The maximum Gasteiger partial charge on any atom is 0.197 e. The Morgan fingerprint density at radius 2 is 1.70 bits per heavy atom. The molecule has 4 rings (SSSR count). The van der Waals surface area contributed by atoms with E-state index in [1.807, 2.05) is 24.3 Å². The molecule has 118 valence electrons. The number of ketones is 1. The molecule has 0 aromatic heterocycles. The highest BCUT2D eigenvalue weighted by Gasteiger charge is 2.45. The molecule has 1 heterocycles. The molecule has 0 bridgehead atoms. The van der Waals surface area contributed by atoms with Crippen LogP contribution in [-0.2, 0) is 5.41 Å². The minimum atomic E-state index is -0.0686. The summed E-state index contributed by atoms with van der Waals surface area (Å²) >= 11 is 0. The predicted molar refractivity (Wildman–Crippen MR) is 90.4 cm³/mol. The van der Waals surface area contributed by atoms with Gasteiger partial charge in [-0.3, -0.25) is 4.79 Å².